The molecule has 0 unspecified atom stereocenters. The van der Waals surface area contributed by atoms with E-state index in [1.165, 1.54) is 16.4 Å². The Kier molecular flexibility index (Phi) is 4.97. The van der Waals surface area contributed by atoms with Gasteiger partial charge in [-0.05, 0) is 37.1 Å². The van der Waals surface area contributed by atoms with Crippen LogP contribution in [0.3, 0.4) is 0 Å². The molecule has 0 aliphatic carbocycles. The maximum atomic E-state index is 12.5. The monoisotopic (exact) mass is 311 g/mol. The molecule has 1 heterocycles. The van der Waals surface area contributed by atoms with Crippen molar-refractivity contribution in [1.82, 2.24) is 4.31 Å². The minimum Gasteiger partial charge on any atom is -0.328 e. The number of nitrogens with two attached hydrogens (primary N) is 1. The summed E-state index contributed by atoms with van der Waals surface area (Å²) < 4.78 is 26.4. The summed E-state index contributed by atoms with van der Waals surface area (Å²) >= 11 is 0. The summed E-state index contributed by atoms with van der Waals surface area (Å²) in [6.07, 6.45) is 1.75. The highest BCUT2D eigenvalue weighted by atomic mass is 32.2. The molecule has 3 N–H and O–H groups in total. The van der Waals surface area contributed by atoms with Crippen molar-refractivity contribution in [2.24, 2.45) is 5.73 Å². The summed E-state index contributed by atoms with van der Waals surface area (Å²) in [5.41, 5.74) is 6.40. The van der Waals surface area contributed by atoms with Gasteiger partial charge in [0.25, 0.3) is 0 Å². The highest BCUT2D eigenvalue weighted by molar-refractivity contribution is 7.89. The maximum Gasteiger partial charge on any atom is 0.243 e. The molecule has 2 rings (SSSR count). The summed E-state index contributed by atoms with van der Waals surface area (Å²) in [5.74, 6) is -0.101. The van der Waals surface area contributed by atoms with E-state index >= 15 is 0 Å². The zero-order valence-corrected chi connectivity index (χ0v) is 12.9. The molecule has 1 fully saturated rings. The van der Waals surface area contributed by atoms with Crippen LogP contribution in [0.25, 0.3) is 0 Å². The highest BCUT2D eigenvalue weighted by Crippen LogP contribution is 2.21. The van der Waals surface area contributed by atoms with Gasteiger partial charge in [-0.3, -0.25) is 4.79 Å². The van der Waals surface area contributed by atoms with Gasteiger partial charge < -0.3 is 11.1 Å². The first-order valence-corrected chi connectivity index (χ1v) is 8.53. The Labute approximate surface area is 125 Å². The lowest BCUT2D eigenvalue weighted by molar-refractivity contribution is -0.115. The molecule has 0 spiro atoms. The smallest absolute Gasteiger partial charge is 0.243 e. The van der Waals surface area contributed by atoms with Gasteiger partial charge in [0.2, 0.25) is 15.9 Å². The Morgan fingerprint density at radius 3 is 2.38 bits per heavy atom. The topological polar surface area (TPSA) is 92.5 Å². The van der Waals surface area contributed by atoms with Crippen LogP contribution in [-0.4, -0.2) is 37.8 Å². The number of rotatable bonds is 4. The first-order valence-electron chi connectivity index (χ1n) is 7.09. The fourth-order valence-electron chi connectivity index (χ4n) is 2.22. The minimum absolute atomic E-state index is 0.0862. The molecule has 1 amide bonds. The largest absolute Gasteiger partial charge is 0.328 e. The standard InChI is InChI=1S/C14H21N3O3S/c1-2-14(18)16-12-3-5-13(6-4-12)21(19,20)17-9-7-11(15)8-10-17/h3-6,11H,2,7-10,15H2,1H3,(H,16,18). The number of benzene rings is 1. The summed E-state index contributed by atoms with van der Waals surface area (Å²) in [6.45, 7) is 2.67. The lowest BCUT2D eigenvalue weighted by Crippen LogP contribution is -2.42. The number of piperidine rings is 1. The molecule has 0 aromatic heterocycles. The average Bonchev–Trinajstić information content (AvgIpc) is 2.48. The van der Waals surface area contributed by atoms with E-state index in [-0.39, 0.29) is 16.8 Å². The molecule has 1 aromatic carbocycles. The van der Waals surface area contributed by atoms with Crippen LogP contribution in [-0.2, 0) is 14.8 Å². The van der Waals surface area contributed by atoms with E-state index in [1.807, 2.05) is 0 Å². The molecule has 116 valence electrons. The zero-order valence-electron chi connectivity index (χ0n) is 12.1. The Balaban J connectivity index is 2.12. The maximum absolute atomic E-state index is 12.5. The van der Waals surface area contributed by atoms with Gasteiger partial charge in [0.05, 0.1) is 4.90 Å². The summed E-state index contributed by atoms with van der Waals surface area (Å²) in [4.78, 5) is 11.5. The third-order valence-electron chi connectivity index (χ3n) is 3.60. The third kappa shape index (κ3) is 3.81. The van der Waals surface area contributed by atoms with Crippen LogP contribution in [0.2, 0.25) is 0 Å². The van der Waals surface area contributed by atoms with Crippen molar-refractivity contribution in [1.29, 1.82) is 0 Å². The number of nitrogens with one attached hydrogen (secondary N) is 1. The lowest BCUT2D eigenvalue weighted by atomic mass is 10.1. The van der Waals surface area contributed by atoms with Crippen molar-refractivity contribution >= 4 is 21.6 Å². The number of anilines is 1. The molecule has 0 radical (unpaired) electrons. The van der Waals surface area contributed by atoms with Crippen LogP contribution in [0.4, 0.5) is 5.69 Å². The van der Waals surface area contributed by atoms with E-state index in [0.717, 1.165) is 0 Å². The number of hydrogen-bond donors (Lipinski definition) is 2. The number of hydrogen-bond acceptors (Lipinski definition) is 4. The first kappa shape index (κ1) is 15.9. The quantitative estimate of drug-likeness (QED) is 0.872. The van der Waals surface area contributed by atoms with Gasteiger partial charge in [0, 0.05) is 31.2 Å². The van der Waals surface area contributed by atoms with Gasteiger partial charge in [0.15, 0.2) is 0 Å². The van der Waals surface area contributed by atoms with E-state index in [4.69, 9.17) is 5.73 Å². The summed E-state index contributed by atoms with van der Waals surface area (Å²) in [6, 6.07) is 6.35. The zero-order chi connectivity index (χ0) is 15.5. The molecule has 6 nitrogen and oxygen atoms in total. The van der Waals surface area contributed by atoms with Gasteiger partial charge in [-0.2, -0.15) is 4.31 Å². The highest BCUT2D eigenvalue weighted by Gasteiger charge is 2.28. The van der Waals surface area contributed by atoms with Gasteiger partial charge in [0.1, 0.15) is 0 Å². The van der Waals surface area contributed by atoms with Crippen molar-refractivity contribution in [3.05, 3.63) is 24.3 Å². The van der Waals surface area contributed by atoms with Crippen LogP contribution in [0.15, 0.2) is 29.2 Å². The number of amides is 1. The van der Waals surface area contributed by atoms with E-state index in [0.29, 0.717) is 38.0 Å². The van der Waals surface area contributed by atoms with Gasteiger partial charge >= 0.3 is 0 Å². The van der Waals surface area contributed by atoms with Crippen molar-refractivity contribution in [3.63, 3.8) is 0 Å². The summed E-state index contributed by atoms with van der Waals surface area (Å²) in [7, 11) is -3.47. The average molecular weight is 311 g/mol. The molecule has 1 aromatic rings. The number of sulfonamides is 1. The normalized spacial score (nSPS) is 17.6. The number of carbonyl (C=O) groups excluding carboxylic acids is 1. The van der Waals surface area contributed by atoms with Crippen LogP contribution in [0, 0.1) is 0 Å². The van der Waals surface area contributed by atoms with Crippen molar-refractivity contribution in [3.8, 4) is 0 Å². The lowest BCUT2D eigenvalue weighted by Gasteiger charge is -2.29. The van der Waals surface area contributed by atoms with E-state index in [1.54, 1.807) is 19.1 Å². The fraction of sp³-hybridized carbons (Fsp3) is 0.500. The number of carbonyl (C=O) groups is 1. The molecule has 1 aliphatic rings. The molecule has 0 saturated carbocycles. The van der Waals surface area contributed by atoms with Gasteiger partial charge in [-0.15, -0.1) is 0 Å². The minimum atomic E-state index is -3.47. The van der Waals surface area contributed by atoms with E-state index in [9.17, 15) is 13.2 Å². The molecule has 1 saturated heterocycles. The Bertz CT molecular complexity index is 590. The predicted octanol–water partition coefficient (Wildman–Crippen LogP) is 1.15. The SMILES string of the molecule is CCC(=O)Nc1ccc(S(=O)(=O)N2CCC(N)CC2)cc1. The van der Waals surface area contributed by atoms with Crippen molar-refractivity contribution < 1.29 is 13.2 Å². The van der Waals surface area contributed by atoms with E-state index in [2.05, 4.69) is 5.32 Å². The van der Waals surface area contributed by atoms with Crippen LogP contribution >= 0.6 is 0 Å². The Morgan fingerprint density at radius 2 is 1.86 bits per heavy atom. The second kappa shape index (κ2) is 6.55. The second-order valence-electron chi connectivity index (χ2n) is 5.17. The molecule has 21 heavy (non-hydrogen) atoms. The molecule has 7 heteroatoms. The first-order chi connectivity index (χ1) is 9.93. The van der Waals surface area contributed by atoms with Crippen LogP contribution in [0.5, 0.6) is 0 Å². The Hall–Kier alpha value is -1.44. The van der Waals surface area contributed by atoms with Crippen molar-refractivity contribution in [2.45, 2.75) is 37.1 Å². The van der Waals surface area contributed by atoms with Gasteiger partial charge in [-0.1, -0.05) is 6.92 Å². The van der Waals surface area contributed by atoms with Crippen LogP contribution in [0.1, 0.15) is 26.2 Å². The fourth-order valence-corrected chi connectivity index (χ4v) is 3.69. The molecular formula is C14H21N3O3S. The van der Waals surface area contributed by atoms with Crippen molar-refractivity contribution in [2.75, 3.05) is 18.4 Å². The summed E-state index contributed by atoms with van der Waals surface area (Å²) in [5, 5.41) is 2.69. The van der Waals surface area contributed by atoms with Gasteiger partial charge in [-0.25, -0.2) is 8.42 Å². The second-order valence-corrected chi connectivity index (χ2v) is 7.11. The third-order valence-corrected chi connectivity index (χ3v) is 5.51. The van der Waals surface area contributed by atoms with Crippen LogP contribution < -0.4 is 11.1 Å². The predicted molar refractivity (Wildman–Crippen MR) is 81.3 cm³/mol. The molecule has 0 atom stereocenters. The Morgan fingerprint density at radius 1 is 1.29 bits per heavy atom. The molecular weight excluding hydrogens is 290 g/mol. The van der Waals surface area contributed by atoms with E-state index < -0.39 is 10.0 Å². The molecule has 1 aliphatic heterocycles. The number of nitrogens with zero attached hydrogens (tertiary/aromatic N) is 1. The molecule has 0 bridgehead atoms.